The molecule has 8 nitrogen and oxygen atoms in total. The maximum absolute atomic E-state index is 12.6. The lowest BCUT2D eigenvalue weighted by atomic mass is 10.2. The van der Waals surface area contributed by atoms with Crippen molar-refractivity contribution in [3.63, 3.8) is 0 Å². The molecule has 0 N–H and O–H groups in total. The number of aromatic nitrogens is 6. The van der Waals surface area contributed by atoms with Gasteiger partial charge in [0.25, 0.3) is 0 Å². The van der Waals surface area contributed by atoms with E-state index in [0.717, 1.165) is 16.6 Å². The molecule has 4 rings (SSSR count). The van der Waals surface area contributed by atoms with Crippen LogP contribution in [0.4, 0.5) is 0 Å². The number of ether oxygens (including phenoxy) is 1. The van der Waals surface area contributed by atoms with E-state index in [1.54, 1.807) is 24.1 Å². The van der Waals surface area contributed by atoms with Gasteiger partial charge in [-0.15, -0.1) is 5.10 Å². The fourth-order valence-electron chi connectivity index (χ4n) is 2.62. The van der Waals surface area contributed by atoms with Crippen molar-refractivity contribution in [3.8, 4) is 17.5 Å². The van der Waals surface area contributed by atoms with Crippen LogP contribution in [0.5, 0.6) is 6.01 Å². The standard InChI is InChI=1S/C16H14N6O2/c1-20-15(24-2)19-22(16(20)23)14-12-7-3-4-8-13(12)18-21(14)11-6-5-9-17-10-11/h3-10H,1-2H3. The summed E-state index contributed by atoms with van der Waals surface area (Å²) in [6, 6.07) is 11.5. The van der Waals surface area contributed by atoms with Gasteiger partial charge in [0.05, 0.1) is 24.5 Å². The Morgan fingerprint density at radius 1 is 1.04 bits per heavy atom. The number of fused-ring (bicyclic) bond motifs is 1. The van der Waals surface area contributed by atoms with E-state index in [9.17, 15) is 4.79 Å². The van der Waals surface area contributed by atoms with Crippen molar-refractivity contribution in [2.24, 2.45) is 7.05 Å². The van der Waals surface area contributed by atoms with Crippen LogP contribution in [-0.4, -0.2) is 36.2 Å². The van der Waals surface area contributed by atoms with E-state index in [-0.39, 0.29) is 11.7 Å². The molecule has 120 valence electrons. The third kappa shape index (κ3) is 2.00. The van der Waals surface area contributed by atoms with Gasteiger partial charge in [0.2, 0.25) is 0 Å². The maximum Gasteiger partial charge on any atom is 0.354 e. The first-order valence-electron chi connectivity index (χ1n) is 7.29. The first-order valence-corrected chi connectivity index (χ1v) is 7.29. The lowest BCUT2D eigenvalue weighted by molar-refractivity contribution is 0.362. The van der Waals surface area contributed by atoms with Gasteiger partial charge in [-0.1, -0.05) is 12.1 Å². The number of benzene rings is 1. The van der Waals surface area contributed by atoms with Crippen LogP contribution in [0.25, 0.3) is 22.4 Å². The highest BCUT2D eigenvalue weighted by Crippen LogP contribution is 2.24. The van der Waals surface area contributed by atoms with Crippen LogP contribution < -0.4 is 10.4 Å². The molecule has 3 heterocycles. The zero-order valence-electron chi connectivity index (χ0n) is 13.1. The topological polar surface area (TPSA) is 79.8 Å². The largest absolute Gasteiger partial charge is 0.467 e. The third-order valence-corrected chi connectivity index (χ3v) is 3.77. The van der Waals surface area contributed by atoms with Crippen LogP contribution in [0.1, 0.15) is 0 Å². The van der Waals surface area contributed by atoms with Crippen LogP contribution in [-0.2, 0) is 7.05 Å². The number of rotatable bonds is 3. The van der Waals surface area contributed by atoms with E-state index < -0.39 is 0 Å². The van der Waals surface area contributed by atoms with Gasteiger partial charge in [-0.2, -0.15) is 9.78 Å². The summed E-state index contributed by atoms with van der Waals surface area (Å²) in [5.41, 5.74) is 1.18. The molecule has 0 saturated heterocycles. The molecule has 4 aromatic rings. The summed E-state index contributed by atoms with van der Waals surface area (Å²) < 4.78 is 9.44. The van der Waals surface area contributed by atoms with Gasteiger partial charge in [-0.25, -0.2) is 14.0 Å². The Morgan fingerprint density at radius 3 is 2.58 bits per heavy atom. The van der Waals surface area contributed by atoms with E-state index >= 15 is 0 Å². The average Bonchev–Trinajstić information content (AvgIpc) is 3.14. The van der Waals surface area contributed by atoms with Crippen molar-refractivity contribution in [3.05, 3.63) is 59.3 Å². The molecule has 0 spiro atoms. The molecular weight excluding hydrogens is 308 g/mol. The molecule has 0 bridgehead atoms. The number of hydrogen-bond acceptors (Lipinski definition) is 5. The summed E-state index contributed by atoms with van der Waals surface area (Å²) in [4.78, 5) is 16.7. The quantitative estimate of drug-likeness (QED) is 0.568. The Hall–Kier alpha value is -3.42. The zero-order valence-corrected chi connectivity index (χ0v) is 13.1. The van der Waals surface area contributed by atoms with Crippen LogP contribution in [0, 0.1) is 0 Å². The fraction of sp³-hybridized carbons (Fsp3) is 0.125. The van der Waals surface area contributed by atoms with Gasteiger partial charge in [0.1, 0.15) is 0 Å². The Bertz CT molecular complexity index is 1080. The molecule has 0 aliphatic rings. The van der Waals surface area contributed by atoms with Crippen LogP contribution >= 0.6 is 0 Å². The highest BCUT2D eigenvalue weighted by atomic mass is 16.5. The first kappa shape index (κ1) is 14.2. The summed E-state index contributed by atoms with van der Waals surface area (Å²) in [5, 5.41) is 9.67. The van der Waals surface area contributed by atoms with Gasteiger partial charge in [-0.05, 0) is 24.3 Å². The molecule has 0 atom stereocenters. The Kier molecular flexibility index (Phi) is 3.16. The van der Waals surface area contributed by atoms with E-state index in [1.165, 1.54) is 16.4 Å². The van der Waals surface area contributed by atoms with Crippen molar-refractivity contribution in [2.75, 3.05) is 7.11 Å². The highest BCUT2D eigenvalue weighted by molar-refractivity contribution is 5.86. The molecule has 8 heteroatoms. The van der Waals surface area contributed by atoms with E-state index in [0.29, 0.717) is 5.82 Å². The lowest BCUT2D eigenvalue weighted by Crippen LogP contribution is -2.24. The molecule has 1 aromatic carbocycles. The highest BCUT2D eigenvalue weighted by Gasteiger charge is 2.20. The van der Waals surface area contributed by atoms with Crippen molar-refractivity contribution in [1.29, 1.82) is 0 Å². The molecular formula is C16H14N6O2. The van der Waals surface area contributed by atoms with E-state index in [1.807, 2.05) is 36.4 Å². The van der Waals surface area contributed by atoms with Gasteiger partial charge in [0.15, 0.2) is 5.82 Å². The Morgan fingerprint density at radius 2 is 1.88 bits per heavy atom. The molecule has 0 radical (unpaired) electrons. The van der Waals surface area contributed by atoms with Crippen LogP contribution in [0.3, 0.4) is 0 Å². The summed E-state index contributed by atoms with van der Waals surface area (Å²) in [6.45, 7) is 0. The Balaban J connectivity index is 2.09. The number of methoxy groups -OCH3 is 1. The number of nitrogens with zero attached hydrogens (tertiary/aromatic N) is 6. The molecule has 3 aromatic heterocycles. The van der Waals surface area contributed by atoms with Gasteiger partial charge < -0.3 is 4.74 Å². The van der Waals surface area contributed by atoms with Crippen molar-refractivity contribution in [1.82, 2.24) is 29.1 Å². The second kappa shape index (κ2) is 5.34. The number of hydrogen-bond donors (Lipinski definition) is 0. The van der Waals surface area contributed by atoms with Crippen LogP contribution in [0.15, 0.2) is 53.6 Å². The van der Waals surface area contributed by atoms with Crippen LogP contribution in [0.2, 0.25) is 0 Å². The summed E-state index contributed by atoms with van der Waals surface area (Å²) in [5.74, 6) is 0.544. The molecule has 0 unspecified atom stereocenters. The van der Waals surface area contributed by atoms with Crippen molar-refractivity contribution in [2.45, 2.75) is 0 Å². The second-order valence-corrected chi connectivity index (χ2v) is 5.20. The van der Waals surface area contributed by atoms with Crippen molar-refractivity contribution < 1.29 is 4.74 Å². The SMILES string of the molecule is COc1nn(-c2c3ccccc3nn2-c2cccnc2)c(=O)n1C. The minimum atomic E-state index is -0.317. The smallest absolute Gasteiger partial charge is 0.354 e. The van der Waals surface area contributed by atoms with Gasteiger partial charge >= 0.3 is 11.7 Å². The predicted molar refractivity (Wildman–Crippen MR) is 87.8 cm³/mol. The predicted octanol–water partition coefficient (Wildman–Crippen LogP) is 1.31. The maximum atomic E-state index is 12.6. The Labute approximate surface area is 136 Å². The molecule has 24 heavy (non-hydrogen) atoms. The fourth-order valence-corrected chi connectivity index (χ4v) is 2.62. The zero-order chi connectivity index (χ0) is 16.7. The molecule has 0 aliphatic carbocycles. The molecule has 0 amide bonds. The monoisotopic (exact) mass is 322 g/mol. The molecule has 0 saturated carbocycles. The summed E-state index contributed by atoms with van der Waals surface area (Å²) in [7, 11) is 3.08. The minimum Gasteiger partial charge on any atom is -0.467 e. The van der Waals surface area contributed by atoms with E-state index in [4.69, 9.17) is 4.74 Å². The van der Waals surface area contributed by atoms with Crippen molar-refractivity contribution >= 4 is 10.9 Å². The third-order valence-electron chi connectivity index (χ3n) is 3.77. The average molecular weight is 322 g/mol. The number of pyridine rings is 1. The minimum absolute atomic E-state index is 0.225. The second-order valence-electron chi connectivity index (χ2n) is 5.20. The molecule has 0 fully saturated rings. The first-order chi connectivity index (χ1) is 11.7. The van der Waals surface area contributed by atoms with Gasteiger partial charge in [-0.3, -0.25) is 4.98 Å². The lowest BCUT2D eigenvalue weighted by Gasteiger charge is -2.05. The summed E-state index contributed by atoms with van der Waals surface area (Å²) >= 11 is 0. The summed E-state index contributed by atoms with van der Waals surface area (Å²) in [6.07, 6.45) is 3.36. The molecule has 0 aliphatic heterocycles. The normalized spacial score (nSPS) is 11.1. The van der Waals surface area contributed by atoms with Gasteiger partial charge in [0, 0.05) is 18.6 Å². The van der Waals surface area contributed by atoms with E-state index in [2.05, 4.69) is 15.2 Å².